The van der Waals surface area contributed by atoms with Gasteiger partial charge in [-0.15, -0.1) is 0 Å². The van der Waals surface area contributed by atoms with E-state index in [9.17, 15) is 18.0 Å². The lowest BCUT2D eigenvalue weighted by Gasteiger charge is -2.25. The third-order valence-electron chi connectivity index (χ3n) is 4.08. The van der Waals surface area contributed by atoms with Gasteiger partial charge in [-0.2, -0.15) is 23.4 Å². The number of carbonyl (C=O) groups is 1. The van der Waals surface area contributed by atoms with E-state index in [1.807, 2.05) is 24.1 Å². The third kappa shape index (κ3) is 5.32. The number of H-pyrrole nitrogens is 1. The molecule has 4 heterocycles. The third-order valence-corrected chi connectivity index (χ3v) is 4.90. The zero-order valence-corrected chi connectivity index (χ0v) is 16.0. The molecule has 1 aliphatic rings. The minimum atomic E-state index is -5.08. The zero-order valence-electron chi connectivity index (χ0n) is 15.2. The number of nitrogens with zero attached hydrogens (tertiary/aromatic N) is 5. The van der Waals surface area contributed by atoms with Crippen molar-refractivity contribution in [3.05, 3.63) is 51.8 Å². The normalized spacial score (nSPS) is 14.2. The second-order valence-corrected chi connectivity index (χ2v) is 7.21. The summed E-state index contributed by atoms with van der Waals surface area (Å²) in [6, 6.07) is 1.58. The maximum absolute atomic E-state index is 11.3. The van der Waals surface area contributed by atoms with Crippen molar-refractivity contribution < 1.29 is 23.1 Å². The van der Waals surface area contributed by atoms with Crippen LogP contribution in [0.15, 0.2) is 29.5 Å². The molecular weight excluding hydrogens is 413 g/mol. The number of nitrogens with one attached hydrogen (secondary N) is 1. The number of aromatic amines is 1. The van der Waals surface area contributed by atoms with Crippen molar-refractivity contribution in [2.75, 3.05) is 6.54 Å². The molecule has 13 heteroatoms. The minimum Gasteiger partial charge on any atom is -0.475 e. The van der Waals surface area contributed by atoms with E-state index in [0.29, 0.717) is 0 Å². The molecule has 0 spiro atoms. The highest BCUT2D eigenvalue weighted by molar-refractivity contribution is 7.08. The number of aliphatic carboxylic acids is 1. The molecule has 0 fully saturated rings. The molecule has 9 nitrogen and oxygen atoms in total. The SMILES string of the molecule is Cn1cc(CN2CCc3nn(-c4cc(=O)[nH]s4)cc3C2)cn1.O=C(O)C(F)(F)F. The fraction of sp³-hybridized carbons (Fsp3) is 0.375. The molecular formula is C16H17F3N6O3S. The number of carboxylic acids is 1. The van der Waals surface area contributed by atoms with Crippen LogP contribution >= 0.6 is 11.5 Å². The highest BCUT2D eigenvalue weighted by Crippen LogP contribution is 2.21. The van der Waals surface area contributed by atoms with E-state index in [-0.39, 0.29) is 5.56 Å². The first-order chi connectivity index (χ1) is 13.6. The summed E-state index contributed by atoms with van der Waals surface area (Å²) in [4.78, 5) is 22.6. The van der Waals surface area contributed by atoms with Gasteiger partial charge < -0.3 is 5.11 Å². The number of carboxylic acid groups (broad SMARTS) is 1. The molecule has 0 radical (unpaired) electrons. The summed E-state index contributed by atoms with van der Waals surface area (Å²) >= 11 is 1.31. The average molecular weight is 430 g/mol. The van der Waals surface area contributed by atoms with Crippen molar-refractivity contribution in [3.8, 4) is 5.00 Å². The van der Waals surface area contributed by atoms with E-state index < -0.39 is 12.1 Å². The zero-order chi connectivity index (χ0) is 21.2. The molecule has 0 atom stereocenters. The second kappa shape index (κ2) is 8.21. The van der Waals surface area contributed by atoms with Crippen LogP contribution in [0.1, 0.15) is 16.8 Å². The Morgan fingerprint density at radius 2 is 2.10 bits per heavy atom. The van der Waals surface area contributed by atoms with Crippen molar-refractivity contribution in [1.29, 1.82) is 0 Å². The average Bonchev–Trinajstić information content (AvgIpc) is 3.34. The molecule has 0 unspecified atom stereocenters. The number of hydrogen-bond acceptors (Lipinski definition) is 6. The largest absolute Gasteiger partial charge is 0.490 e. The first kappa shape index (κ1) is 20.8. The number of alkyl halides is 3. The molecule has 0 bridgehead atoms. The summed E-state index contributed by atoms with van der Waals surface area (Å²) < 4.78 is 38.1. The molecule has 156 valence electrons. The fourth-order valence-electron chi connectivity index (χ4n) is 2.82. The lowest BCUT2D eigenvalue weighted by Crippen LogP contribution is -2.29. The van der Waals surface area contributed by atoms with E-state index in [2.05, 4.69) is 25.7 Å². The molecule has 1 aliphatic heterocycles. The highest BCUT2D eigenvalue weighted by atomic mass is 32.1. The number of hydrogen-bond donors (Lipinski definition) is 2. The number of halogens is 3. The van der Waals surface area contributed by atoms with Gasteiger partial charge in [0.1, 0.15) is 5.00 Å². The summed E-state index contributed by atoms with van der Waals surface area (Å²) in [6.07, 6.45) is 1.85. The summed E-state index contributed by atoms with van der Waals surface area (Å²) in [5.74, 6) is -2.76. The van der Waals surface area contributed by atoms with Crippen LogP contribution in [0.2, 0.25) is 0 Å². The van der Waals surface area contributed by atoms with Crippen LogP contribution in [0.4, 0.5) is 13.2 Å². The van der Waals surface area contributed by atoms with Gasteiger partial charge >= 0.3 is 12.1 Å². The molecule has 0 aromatic carbocycles. The van der Waals surface area contributed by atoms with Crippen molar-refractivity contribution in [2.24, 2.45) is 7.05 Å². The number of aromatic nitrogens is 5. The first-order valence-electron chi connectivity index (χ1n) is 8.38. The molecule has 3 aromatic heterocycles. The standard InChI is InChI=1S/C14H16N6OS.C2HF3O2/c1-18-6-10(5-15-18)7-19-3-2-12-11(8-19)9-20(16-12)14-4-13(21)17-22-14;3-2(4,5)1(6)7/h4-6,9H,2-3,7-8H2,1H3,(H,17,21);(H,6,7). The molecule has 0 saturated carbocycles. The molecule has 2 N–H and O–H groups in total. The van der Waals surface area contributed by atoms with E-state index in [0.717, 1.165) is 36.8 Å². The van der Waals surface area contributed by atoms with Crippen LogP contribution in [0, 0.1) is 0 Å². The van der Waals surface area contributed by atoms with E-state index in [4.69, 9.17) is 9.90 Å². The quantitative estimate of drug-likeness (QED) is 0.653. The Balaban J connectivity index is 0.000000298. The summed E-state index contributed by atoms with van der Waals surface area (Å²) in [7, 11) is 1.93. The summed E-state index contributed by atoms with van der Waals surface area (Å²) in [6.45, 7) is 2.77. The van der Waals surface area contributed by atoms with Crippen LogP contribution in [0.3, 0.4) is 0 Å². The predicted octanol–water partition coefficient (Wildman–Crippen LogP) is 1.55. The highest BCUT2D eigenvalue weighted by Gasteiger charge is 2.38. The second-order valence-electron chi connectivity index (χ2n) is 6.38. The maximum atomic E-state index is 11.3. The van der Waals surface area contributed by atoms with Gasteiger partial charge in [0.15, 0.2) is 0 Å². The van der Waals surface area contributed by atoms with Crippen LogP contribution in [0.25, 0.3) is 5.00 Å². The Morgan fingerprint density at radius 1 is 1.38 bits per heavy atom. The van der Waals surface area contributed by atoms with Crippen molar-refractivity contribution in [1.82, 2.24) is 28.8 Å². The topological polar surface area (TPSA) is 109 Å². The molecule has 0 aliphatic carbocycles. The monoisotopic (exact) mass is 430 g/mol. The maximum Gasteiger partial charge on any atom is 0.490 e. The van der Waals surface area contributed by atoms with Gasteiger partial charge in [0.2, 0.25) is 0 Å². The van der Waals surface area contributed by atoms with Crippen molar-refractivity contribution in [3.63, 3.8) is 0 Å². The Hall–Kier alpha value is -2.93. The van der Waals surface area contributed by atoms with Crippen LogP contribution in [-0.2, 0) is 31.4 Å². The molecule has 0 saturated heterocycles. The van der Waals surface area contributed by atoms with Crippen LogP contribution in [0.5, 0.6) is 0 Å². The van der Waals surface area contributed by atoms with Gasteiger partial charge in [-0.3, -0.25) is 18.7 Å². The van der Waals surface area contributed by atoms with Gasteiger partial charge in [0.05, 0.1) is 11.9 Å². The summed E-state index contributed by atoms with van der Waals surface area (Å²) in [5.41, 5.74) is 3.51. The Labute approximate surface area is 166 Å². The molecule has 4 rings (SSSR count). The van der Waals surface area contributed by atoms with E-state index in [1.165, 1.54) is 22.7 Å². The first-order valence-corrected chi connectivity index (χ1v) is 9.20. The van der Waals surface area contributed by atoms with Gasteiger partial charge in [-0.1, -0.05) is 0 Å². The van der Waals surface area contributed by atoms with E-state index >= 15 is 0 Å². The molecule has 29 heavy (non-hydrogen) atoms. The Kier molecular flexibility index (Phi) is 5.88. The number of fused-ring (bicyclic) bond motifs is 1. The van der Waals surface area contributed by atoms with Crippen LogP contribution < -0.4 is 5.56 Å². The number of aryl methyl sites for hydroxylation is 1. The fourth-order valence-corrected chi connectivity index (χ4v) is 3.44. The van der Waals surface area contributed by atoms with Crippen molar-refractivity contribution in [2.45, 2.75) is 25.7 Å². The Bertz CT molecular complexity index is 1050. The summed E-state index contributed by atoms with van der Waals surface area (Å²) in [5, 5.41) is 16.8. The van der Waals surface area contributed by atoms with Gasteiger partial charge in [0, 0.05) is 62.7 Å². The lowest BCUT2D eigenvalue weighted by molar-refractivity contribution is -0.192. The van der Waals surface area contributed by atoms with Gasteiger partial charge in [-0.05, 0) is 11.5 Å². The predicted molar refractivity (Wildman–Crippen MR) is 96.8 cm³/mol. The van der Waals surface area contributed by atoms with Crippen LogP contribution in [-0.4, -0.2) is 52.6 Å². The van der Waals surface area contributed by atoms with Crippen molar-refractivity contribution >= 4 is 17.5 Å². The Morgan fingerprint density at radius 3 is 2.66 bits per heavy atom. The minimum absolute atomic E-state index is 0.0772. The molecule has 3 aromatic rings. The van der Waals surface area contributed by atoms with Gasteiger partial charge in [0.25, 0.3) is 5.56 Å². The smallest absolute Gasteiger partial charge is 0.475 e. The molecule has 0 amide bonds. The van der Waals surface area contributed by atoms with E-state index in [1.54, 1.807) is 10.7 Å². The van der Waals surface area contributed by atoms with Gasteiger partial charge in [-0.25, -0.2) is 9.48 Å². The lowest BCUT2D eigenvalue weighted by atomic mass is 10.1. The number of rotatable bonds is 3.